The first-order valence-electron chi connectivity index (χ1n) is 33.0. The number of hydrogen-bond donors (Lipinski definition) is 0. The Bertz CT molecular complexity index is 1240. The van der Waals surface area contributed by atoms with Gasteiger partial charge >= 0.3 is 17.9 Å². The third kappa shape index (κ3) is 60.5. The van der Waals surface area contributed by atoms with E-state index in [1.165, 1.54) is 238 Å². The second-order valence-corrected chi connectivity index (χ2v) is 22.4. The first-order valence-corrected chi connectivity index (χ1v) is 33.0. The number of carbonyl (C=O) groups is 3. The van der Waals surface area contributed by atoms with Gasteiger partial charge in [0, 0.05) is 19.3 Å². The Balaban J connectivity index is 3.96. The fourth-order valence-corrected chi connectivity index (χ4v) is 9.92. The van der Waals surface area contributed by atoms with Crippen LogP contribution in [0.4, 0.5) is 0 Å². The molecule has 0 rings (SSSR count). The fraction of sp³-hybridized carbons (Fsp3) is 0.868. The van der Waals surface area contributed by atoms with Gasteiger partial charge in [-0.25, -0.2) is 0 Å². The first kappa shape index (κ1) is 71.6. The molecule has 0 aliphatic carbocycles. The Hall–Kier alpha value is -2.37. The molecule has 0 saturated carbocycles. The topological polar surface area (TPSA) is 78.9 Å². The number of hydrogen-bond acceptors (Lipinski definition) is 6. The zero-order valence-electron chi connectivity index (χ0n) is 49.9. The molecule has 0 fully saturated rings. The summed E-state index contributed by atoms with van der Waals surface area (Å²) in [6.07, 6.45) is 77.9. The van der Waals surface area contributed by atoms with Gasteiger partial charge in [-0.1, -0.05) is 320 Å². The third-order valence-electron chi connectivity index (χ3n) is 14.9. The Morgan fingerprint density at radius 2 is 0.486 bits per heavy atom. The molecule has 1 unspecified atom stereocenters. The lowest BCUT2D eigenvalue weighted by atomic mass is 10.0. The molecule has 6 heteroatoms. The molecule has 0 aliphatic rings. The van der Waals surface area contributed by atoms with E-state index in [1.54, 1.807) is 0 Å². The summed E-state index contributed by atoms with van der Waals surface area (Å²) < 4.78 is 16.8. The molecular formula is C68H126O6. The van der Waals surface area contributed by atoms with Crippen LogP contribution in [0.2, 0.25) is 0 Å². The number of unbranched alkanes of at least 4 members (excludes halogenated alkanes) is 44. The lowest BCUT2D eigenvalue weighted by molar-refractivity contribution is -0.167. The summed E-state index contributed by atoms with van der Waals surface area (Å²) in [4.78, 5) is 37.9. The summed E-state index contributed by atoms with van der Waals surface area (Å²) in [7, 11) is 0. The summed E-state index contributed by atoms with van der Waals surface area (Å²) in [5.41, 5.74) is 0. The van der Waals surface area contributed by atoms with E-state index >= 15 is 0 Å². The molecule has 0 aromatic rings. The Morgan fingerprint density at radius 1 is 0.270 bits per heavy atom. The second-order valence-electron chi connectivity index (χ2n) is 22.4. The highest BCUT2D eigenvalue weighted by Gasteiger charge is 2.19. The van der Waals surface area contributed by atoms with E-state index in [0.717, 1.165) is 83.5 Å². The van der Waals surface area contributed by atoms with Crippen molar-refractivity contribution >= 4 is 17.9 Å². The quantitative estimate of drug-likeness (QED) is 0.0261. The maximum atomic E-state index is 12.8. The van der Waals surface area contributed by atoms with Crippen LogP contribution in [0, 0.1) is 0 Å². The SMILES string of the molecule is CCCCCCC/C=C\C/C=C\C/C=C\CCCCCCCCC(=O)OC(COC(=O)CCCCCCC)COC(=O)CCCCCCCCCCCCCCCCCCCCCCCCCCCCCCCC. The van der Waals surface area contributed by atoms with Crippen LogP contribution in [0.5, 0.6) is 0 Å². The summed E-state index contributed by atoms with van der Waals surface area (Å²) >= 11 is 0. The van der Waals surface area contributed by atoms with Crippen LogP contribution in [0.15, 0.2) is 36.5 Å². The van der Waals surface area contributed by atoms with E-state index < -0.39 is 6.10 Å². The predicted molar refractivity (Wildman–Crippen MR) is 321 cm³/mol. The molecule has 0 aromatic carbocycles. The van der Waals surface area contributed by atoms with Gasteiger partial charge in [-0.3, -0.25) is 14.4 Å². The molecule has 0 aliphatic heterocycles. The lowest BCUT2D eigenvalue weighted by Crippen LogP contribution is -2.30. The van der Waals surface area contributed by atoms with Gasteiger partial charge in [-0.05, 0) is 57.8 Å². The van der Waals surface area contributed by atoms with Gasteiger partial charge < -0.3 is 14.2 Å². The minimum Gasteiger partial charge on any atom is -0.462 e. The molecule has 1 atom stereocenters. The van der Waals surface area contributed by atoms with E-state index in [-0.39, 0.29) is 31.1 Å². The predicted octanol–water partition coefficient (Wildman–Crippen LogP) is 22.4. The Kier molecular flexibility index (Phi) is 61.1. The molecule has 0 aromatic heterocycles. The van der Waals surface area contributed by atoms with Crippen molar-refractivity contribution < 1.29 is 28.6 Å². The van der Waals surface area contributed by atoms with Gasteiger partial charge in [0.1, 0.15) is 13.2 Å². The van der Waals surface area contributed by atoms with Gasteiger partial charge in [0.25, 0.3) is 0 Å². The standard InChI is InChI=1S/C68H126O6/c1-4-7-10-13-15-17-19-21-23-25-27-29-30-31-32-33-34-35-36-37-39-40-42-44-46-48-50-52-55-58-61-67(70)73-64-65(63-72-66(69)60-57-54-12-9-6-3)74-68(71)62-59-56-53-51-49-47-45-43-41-38-28-26-24-22-20-18-16-14-11-8-5-2/h20,22,26,28,41,43,65H,4-19,21,23-25,27,29-40,42,44-64H2,1-3H3/b22-20-,28-26-,43-41-. The summed E-state index contributed by atoms with van der Waals surface area (Å²) in [5, 5.41) is 0. The van der Waals surface area contributed by atoms with Gasteiger partial charge in [0.05, 0.1) is 0 Å². The second kappa shape index (κ2) is 63.2. The molecule has 0 heterocycles. The highest BCUT2D eigenvalue weighted by Crippen LogP contribution is 2.18. The van der Waals surface area contributed by atoms with Crippen molar-refractivity contribution in [2.75, 3.05) is 13.2 Å². The summed E-state index contributed by atoms with van der Waals surface area (Å²) in [6.45, 7) is 6.59. The average Bonchev–Trinajstić information content (AvgIpc) is 3.40. The van der Waals surface area contributed by atoms with Crippen LogP contribution < -0.4 is 0 Å². The smallest absolute Gasteiger partial charge is 0.306 e. The van der Waals surface area contributed by atoms with E-state index in [1.807, 2.05) is 0 Å². The average molecular weight is 1040 g/mol. The molecule has 0 spiro atoms. The summed E-state index contributed by atoms with van der Waals surface area (Å²) in [5.74, 6) is -0.882. The molecule has 74 heavy (non-hydrogen) atoms. The number of allylic oxidation sites excluding steroid dienone is 6. The first-order chi connectivity index (χ1) is 36.5. The molecule has 434 valence electrons. The van der Waals surface area contributed by atoms with Crippen LogP contribution in [-0.2, 0) is 28.6 Å². The lowest BCUT2D eigenvalue weighted by Gasteiger charge is -2.18. The van der Waals surface area contributed by atoms with Gasteiger partial charge in [-0.15, -0.1) is 0 Å². The van der Waals surface area contributed by atoms with Crippen LogP contribution in [-0.4, -0.2) is 37.2 Å². The van der Waals surface area contributed by atoms with Crippen LogP contribution in [0.1, 0.15) is 361 Å². The zero-order valence-corrected chi connectivity index (χ0v) is 49.9. The number of carbonyl (C=O) groups excluding carboxylic acids is 3. The molecule has 0 saturated heterocycles. The number of ether oxygens (including phenoxy) is 3. The van der Waals surface area contributed by atoms with Crippen LogP contribution >= 0.6 is 0 Å². The molecule has 0 bridgehead atoms. The highest BCUT2D eigenvalue weighted by molar-refractivity contribution is 5.71. The summed E-state index contributed by atoms with van der Waals surface area (Å²) in [6, 6.07) is 0. The Morgan fingerprint density at radius 3 is 0.757 bits per heavy atom. The van der Waals surface area contributed by atoms with Gasteiger partial charge in [-0.2, -0.15) is 0 Å². The van der Waals surface area contributed by atoms with Crippen molar-refractivity contribution in [2.45, 2.75) is 367 Å². The molecule has 0 radical (unpaired) electrons. The molecular weight excluding hydrogens is 913 g/mol. The van der Waals surface area contributed by atoms with Gasteiger partial charge in [0.15, 0.2) is 6.10 Å². The molecule has 6 nitrogen and oxygen atoms in total. The van der Waals surface area contributed by atoms with Gasteiger partial charge in [0.2, 0.25) is 0 Å². The molecule has 0 amide bonds. The highest BCUT2D eigenvalue weighted by atomic mass is 16.6. The number of rotatable bonds is 61. The normalized spacial score (nSPS) is 12.2. The maximum absolute atomic E-state index is 12.8. The van der Waals surface area contributed by atoms with E-state index in [9.17, 15) is 14.4 Å². The molecule has 0 N–H and O–H groups in total. The van der Waals surface area contributed by atoms with E-state index in [0.29, 0.717) is 19.3 Å². The monoisotopic (exact) mass is 1040 g/mol. The Labute approximate surface area is 461 Å². The van der Waals surface area contributed by atoms with Crippen molar-refractivity contribution in [1.82, 2.24) is 0 Å². The number of esters is 3. The van der Waals surface area contributed by atoms with E-state index in [4.69, 9.17) is 14.2 Å². The maximum Gasteiger partial charge on any atom is 0.306 e. The minimum absolute atomic E-state index is 0.0741. The largest absolute Gasteiger partial charge is 0.462 e. The third-order valence-corrected chi connectivity index (χ3v) is 14.9. The van der Waals surface area contributed by atoms with Crippen molar-refractivity contribution in [3.8, 4) is 0 Å². The minimum atomic E-state index is -0.774. The fourth-order valence-electron chi connectivity index (χ4n) is 9.92. The van der Waals surface area contributed by atoms with Crippen LogP contribution in [0.3, 0.4) is 0 Å². The van der Waals surface area contributed by atoms with Crippen molar-refractivity contribution in [2.24, 2.45) is 0 Å². The van der Waals surface area contributed by atoms with Crippen LogP contribution in [0.25, 0.3) is 0 Å². The zero-order chi connectivity index (χ0) is 53.6. The van der Waals surface area contributed by atoms with Crippen molar-refractivity contribution in [3.05, 3.63) is 36.5 Å². The van der Waals surface area contributed by atoms with E-state index in [2.05, 4.69) is 57.2 Å². The van der Waals surface area contributed by atoms with Crippen molar-refractivity contribution in [1.29, 1.82) is 0 Å². The van der Waals surface area contributed by atoms with Crippen molar-refractivity contribution in [3.63, 3.8) is 0 Å².